The summed E-state index contributed by atoms with van der Waals surface area (Å²) in [6, 6.07) is 2.97. The molecule has 0 atom stereocenters. The highest BCUT2D eigenvalue weighted by atomic mass is 16.3. The number of hydrogen-bond donors (Lipinski definition) is 1. The van der Waals surface area contributed by atoms with Crippen molar-refractivity contribution in [3.63, 3.8) is 0 Å². The van der Waals surface area contributed by atoms with Crippen molar-refractivity contribution >= 4 is 6.47 Å². The average Bonchev–Trinajstić information content (AvgIpc) is 2.02. The van der Waals surface area contributed by atoms with Gasteiger partial charge in [-0.3, -0.25) is 4.79 Å². The largest absolute Gasteiger partial charge is 0.483 e. The Kier molecular flexibility index (Phi) is 13.2. The van der Waals surface area contributed by atoms with Crippen molar-refractivity contribution in [2.75, 3.05) is 13.1 Å². The van der Waals surface area contributed by atoms with Crippen LogP contribution in [0, 0.1) is 12.0 Å². The van der Waals surface area contributed by atoms with Crippen molar-refractivity contribution in [1.29, 1.82) is 0 Å². The zero-order chi connectivity index (χ0) is 9.11. The smallest absolute Gasteiger partial charge is 0.290 e. The maximum Gasteiger partial charge on any atom is 0.290 e. The van der Waals surface area contributed by atoms with Crippen LogP contribution in [0.25, 0.3) is 0 Å². The molecular formula is C8H15NO2. The van der Waals surface area contributed by atoms with E-state index in [-0.39, 0.29) is 6.47 Å². The first kappa shape index (κ1) is 12.5. The van der Waals surface area contributed by atoms with Crippen LogP contribution in [0.3, 0.4) is 0 Å². The fourth-order valence-electron chi connectivity index (χ4n) is 0.540. The minimum absolute atomic E-state index is 0.250. The predicted octanol–water partition coefficient (Wildman–Crippen LogP) is 1.01. The van der Waals surface area contributed by atoms with Gasteiger partial charge in [0.2, 0.25) is 0 Å². The van der Waals surface area contributed by atoms with Gasteiger partial charge in [-0.05, 0) is 20.8 Å². The van der Waals surface area contributed by atoms with Gasteiger partial charge in [-0.25, -0.2) is 0 Å². The SMILES string of the molecule is CC#CN(CC)CC.O=CO. The van der Waals surface area contributed by atoms with Gasteiger partial charge in [-0.2, -0.15) is 0 Å². The zero-order valence-corrected chi connectivity index (χ0v) is 7.29. The third-order valence-corrected chi connectivity index (χ3v) is 1.03. The summed E-state index contributed by atoms with van der Waals surface area (Å²) in [7, 11) is 0. The van der Waals surface area contributed by atoms with Gasteiger partial charge in [0, 0.05) is 19.1 Å². The molecule has 0 aromatic carbocycles. The van der Waals surface area contributed by atoms with Gasteiger partial charge in [0.15, 0.2) is 0 Å². The normalized spacial score (nSPS) is 6.45. The first-order valence-corrected chi connectivity index (χ1v) is 3.51. The van der Waals surface area contributed by atoms with E-state index < -0.39 is 0 Å². The second-order valence-electron chi connectivity index (χ2n) is 1.64. The molecule has 0 unspecified atom stereocenters. The van der Waals surface area contributed by atoms with E-state index in [4.69, 9.17) is 9.90 Å². The third kappa shape index (κ3) is 12.1. The van der Waals surface area contributed by atoms with E-state index in [0.717, 1.165) is 13.1 Å². The second-order valence-corrected chi connectivity index (χ2v) is 1.64. The lowest BCUT2D eigenvalue weighted by atomic mass is 10.5. The van der Waals surface area contributed by atoms with Crippen LogP contribution < -0.4 is 0 Å². The Labute approximate surface area is 68.0 Å². The van der Waals surface area contributed by atoms with E-state index in [9.17, 15) is 0 Å². The molecule has 0 heterocycles. The quantitative estimate of drug-likeness (QED) is 0.369. The van der Waals surface area contributed by atoms with E-state index >= 15 is 0 Å². The Balaban J connectivity index is 0. The highest BCUT2D eigenvalue weighted by molar-refractivity contribution is 5.32. The van der Waals surface area contributed by atoms with Crippen LogP contribution in [0.5, 0.6) is 0 Å². The molecule has 0 saturated carbocycles. The van der Waals surface area contributed by atoms with Gasteiger partial charge in [0.25, 0.3) is 6.47 Å². The topological polar surface area (TPSA) is 40.5 Å². The molecule has 0 radical (unpaired) electrons. The van der Waals surface area contributed by atoms with Gasteiger partial charge in [0.1, 0.15) is 0 Å². The fourth-order valence-corrected chi connectivity index (χ4v) is 0.540. The molecule has 0 rings (SSSR count). The van der Waals surface area contributed by atoms with E-state index in [2.05, 4.69) is 30.7 Å². The summed E-state index contributed by atoms with van der Waals surface area (Å²) in [6.07, 6.45) is 0. The van der Waals surface area contributed by atoms with Crippen molar-refractivity contribution in [1.82, 2.24) is 4.90 Å². The maximum absolute atomic E-state index is 8.36. The Morgan fingerprint density at radius 3 is 1.91 bits per heavy atom. The molecule has 3 nitrogen and oxygen atoms in total. The van der Waals surface area contributed by atoms with E-state index in [0.29, 0.717) is 0 Å². The maximum atomic E-state index is 8.36. The third-order valence-electron chi connectivity index (χ3n) is 1.03. The van der Waals surface area contributed by atoms with Gasteiger partial charge in [0.05, 0.1) is 0 Å². The number of nitrogens with zero attached hydrogens (tertiary/aromatic N) is 1. The Bertz CT molecular complexity index is 131. The van der Waals surface area contributed by atoms with Gasteiger partial charge >= 0.3 is 0 Å². The van der Waals surface area contributed by atoms with Crippen LogP contribution in [0.4, 0.5) is 0 Å². The molecule has 3 heteroatoms. The van der Waals surface area contributed by atoms with E-state index in [1.54, 1.807) is 0 Å². The lowest BCUT2D eigenvalue weighted by Gasteiger charge is -2.09. The molecule has 0 aliphatic heterocycles. The summed E-state index contributed by atoms with van der Waals surface area (Å²) in [5.41, 5.74) is 0. The highest BCUT2D eigenvalue weighted by Crippen LogP contribution is 1.79. The molecule has 0 amide bonds. The number of rotatable bonds is 2. The van der Waals surface area contributed by atoms with Crippen molar-refractivity contribution in [3.8, 4) is 12.0 Å². The van der Waals surface area contributed by atoms with Crippen LogP contribution in [0.1, 0.15) is 20.8 Å². The standard InChI is InChI=1S/C7H13N.CH2O2/c1-4-7-8(5-2)6-3;2-1-3/h5-6H2,1-3H3;1H,(H,2,3). The molecule has 0 spiro atoms. The molecular weight excluding hydrogens is 142 g/mol. The minimum Gasteiger partial charge on any atom is -0.483 e. The Hall–Kier alpha value is -1.17. The van der Waals surface area contributed by atoms with Gasteiger partial charge < -0.3 is 10.0 Å². The van der Waals surface area contributed by atoms with Crippen LogP contribution in [-0.4, -0.2) is 29.6 Å². The molecule has 11 heavy (non-hydrogen) atoms. The van der Waals surface area contributed by atoms with Crippen LogP contribution in [0.15, 0.2) is 0 Å². The molecule has 1 N–H and O–H groups in total. The molecule has 0 aromatic rings. The number of carboxylic acid groups (broad SMARTS) is 1. The van der Waals surface area contributed by atoms with E-state index in [1.807, 2.05) is 6.92 Å². The zero-order valence-electron chi connectivity index (χ0n) is 7.29. The van der Waals surface area contributed by atoms with Gasteiger partial charge in [-0.1, -0.05) is 5.92 Å². The highest BCUT2D eigenvalue weighted by Gasteiger charge is 1.85. The lowest BCUT2D eigenvalue weighted by molar-refractivity contribution is -0.122. The summed E-state index contributed by atoms with van der Waals surface area (Å²) in [4.78, 5) is 10.4. The lowest BCUT2D eigenvalue weighted by Crippen LogP contribution is -2.15. The average molecular weight is 157 g/mol. The molecule has 0 fully saturated rings. The molecule has 0 aromatic heterocycles. The van der Waals surface area contributed by atoms with Crippen LogP contribution in [-0.2, 0) is 4.79 Å². The van der Waals surface area contributed by atoms with E-state index in [1.165, 1.54) is 0 Å². The van der Waals surface area contributed by atoms with Gasteiger partial charge in [-0.15, -0.1) is 0 Å². The van der Waals surface area contributed by atoms with Crippen molar-refractivity contribution in [2.45, 2.75) is 20.8 Å². The fraction of sp³-hybridized carbons (Fsp3) is 0.625. The predicted molar refractivity (Wildman–Crippen MR) is 45.1 cm³/mol. The van der Waals surface area contributed by atoms with Crippen molar-refractivity contribution in [2.24, 2.45) is 0 Å². The molecule has 0 aliphatic carbocycles. The van der Waals surface area contributed by atoms with Crippen LogP contribution in [0.2, 0.25) is 0 Å². The minimum atomic E-state index is -0.250. The summed E-state index contributed by atoms with van der Waals surface area (Å²) >= 11 is 0. The second kappa shape index (κ2) is 11.6. The Morgan fingerprint density at radius 2 is 1.82 bits per heavy atom. The summed E-state index contributed by atoms with van der Waals surface area (Å²) in [5.74, 6) is 2.85. The Morgan fingerprint density at radius 1 is 1.45 bits per heavy atom. The summed E-state index contributed by atoms with van der Waals surface area (Å²) in [6.45, 7) is 7.87. The molecule has 0 bridgehead atoms. The molecule has 0 saturated heterocycles. The first-order chi connectivity index (χ1) is 5.26. The number of hydrogen-bond acceptors (Lipinski definition) is 2. The van der Waals surface area contributed by atoms with Crippen molar-refractivity contribution < 1.29 is 9.90 Å². The van der Waals surface area contributed by atoms with Crippen LogP contribution >= 0.6 is 0 Å². The number of carbonyl (C=O) groups is 1. The first-order valence-electron chi connectivity index (χ1n) is 3.51. The summed E-state index contributed by atoms with van der Waals surface area (Å²) < 4.78 is 0. The molecule has 0 aliphatic rings. The van der Waals surface area contributed by atoms with Crippen molar-refractivity contribution in [3.05, 3.63) is 0 Å². The molecule has 64 valence electrons. The monoisotopic (exact) mass is 157 g/mol. The summed E-state index contributed by atoms with van der Waals surface area (Å²) in [5, 5.41) is 6.89.